The fourth-order valence-corrected chi connectivity index (χ4v) is 4.86. The van der Waals surface area contributed by atoms with E-state index in [1.165, 1.54) is 4.90 Å². The topological polar surface area (TPSA) is 67.3 Å². The lowest BCUT2D eigenvalue weighted by atomic mass is 10.1. The van der Waals surface area contributed by atoms with Gasteiger partial charge in [0, 0.05) is 19.3 Å². The van der Waals surface area contributed by atoms with E-state index < -0.39 is 32.9 Å². The Hall–Kier alpha value is -2.42. The normalized spacial score (nSPS) is 20.1. The molecule has 0 radical (unpaired) electrons. The van der Waals surface area contributed by atoms with Crippen molar-refractivity contribution in [2.24, 2.45) is 0 Å². The van der Waals surface area contributed by atoms with Crippen molar-refractivity contribution >= 4 is 15.7 Å². The summed E-state index contributed by atoms with van der Waals surface area (Å²) in [6.45, 7) is 0.185. The summed E-state index contributed by atoms with van der Waals surface area (Å²) in [6, 6.07) is 10.6. The lowest BCUT2D eigenvalue weighted by molar-refractivity contribution is -0.141. The maximum absolute atomic E-state index is 12.6. The first-order valence-corrected chi connectivity index (χ1v) is 9.99. The third kappa shape index (κ3) is 4.29. The van der Waals surface area contributed by atoms with Crippen molar-refractivity contribution in [1.82, 2.24) is 9.88 Å². The van der Waals surface area contributed by atoms with Gasteiger partial charge in [-0.1, -0.05) is 30.3 Å². The van der Waals surface area contributed by atoms with Crippen molar-refractivity contribution in [1.29, 1.82) is 0 Å². The van der Waals surface area contributed by atoms with Gasteiger partial charge in [0.05, 0.1) is 16.6 Å². The predicted molar refractivity (Wildman–Crippen MR) is 92.7 cm³/mol. The summed E-state index contributed by atoms with van der Waals surface area (Å²) >= 11 is 0. The molecule has 9 heteroatoms. The number of carbonyl (C=O) groups excluding carboxylic acids is 1. The summed E-state index contributed by atoms with van der Waals surface area (Å²) in [5, 5.41) is -0.706. The van der Waals surface area contributed by atoms with Gasteiger partial charge in [-0.3, -0.25) is 9.78 Å². The molecule has 5 nitrogen and oxygen atoms in total. The first-order chi connectivity index (χ1) is 12.7. The molecule has 1 fully saturated rings. The zero-order valence-corrected chi connectivity index (χ0v) is 15.0. The molecule has 0 spiro atoms. The Kier molecular flexibility index (Phi) is 5.23. The van der Waals surface area contributed by atoms with E-state index in [4.69, 9.17) is 0 Å². The molecule has 1 aliphatic heterocycles. The lowest BCUT2D eigenvalue weighted by Crippen LogP contribution is -2.33. The summed E-state index contributed by atoms with van der Waals surface area (Å²) in [6.07, 6.45) is -3.48. The molecule has 2 heterocycles. The Morgan fingerprint density at radius 2 is 1.78 bits per heavy atom. The van der Waals surface area contributed by atoms with E-state index in [1.54, 1.807) is 30.3 Å². The van der Waals surface area contributed by atoms with Crippen LogP contribution in [0.1, 0.15) is 33.3 Å². The highest BCUT2D eigenvalue weighted by Crippen LogP contribution is 2.30. The van der Waals surface area contributed by atoms with E-state index in [2.05, 4.69) is 4.98 Å². The minimum atomic E-state index is -4.58. The first-order valence-electron chi connectivity index (χ1n) is 8.27. The van der Waals surface area contributed by atoms with E-state index >= 15 is 0 Å². The Balaban J connectivity index is 1.78. The van der Waals surface area contributed by atoms with Crippen LogP contribution >= 0.6 is 0 Å². The second kappa shape index (κ2) is 7.30. The Bertz CT molecular complexity index is 913. The minimum absolute atomic E-state index is 0.00133. The number of aromatic nitrogens is 1. The summed E-state index contributed by atoms with van der Waals surface area (Å²) in [4.78, 5) is 17.2. The van der Waals surface area contributed by atoms with Crippen molar-refractivity contribution in [3.8, 4) is 0 Å². The van der Waals surface area contributed by atoms with Crippen LogP contribution in [0.25, 0.3) is 0 Å². The smallest absolute Gasteiger partial charge is 0.338 e. The number of pyridine rings is 1. The Morgan fingerprint density at radius 1 is 1.07 bits per heavy atom. The lowest BCUT2D eigenvalue weighted by Gasteiger charge is -2.20. The fraction of sp³-hybridized carbons (Fsp3) is 0.333. The molecule has 2 aromatic rings. The largest absolute Gasteiger partial charge is 0.433 e. The van der Waals surface area contributed by atoms with Crippen LogP contribution in [0.4, 0.5) is 13.2 Å². The molecule has 0 aliphatic carbocycles. The number of nitrogens with zero attached hydrogens (tertiary/aromatic N) is 2. The maximum atomic E-state index is 12.6. The van der Waals surface area contributed by atoms with Gasteiger partial charge in [-0.25, -0.2) is 8.42 Å². The average molecular weight is 398 g/mol. The fourth-order valence-electron chi connectivity index (χ4n) is 3.06. The molecule has 1 aromatic carbocycles. The standard InChI is InChI=1S/C18H17F3N2O3S/c19-18(20,21)16-7-6-14(12-22-16)17(24)23-9-8-15(27(25,26)11-10-23)13-4-2-1-3-5-13/h1-7,12,15H,8-11H2. The number of alkyl halides is 3. The van der Waals surface area contributed by atoms with Crippen molar-refractivity contribution < 1.29 is 26.4 Å². The van der Waals surface area contributed by atoms with E-state index in [-0.39, 0.29) is 30.8 Å². The molecular formula is C18H17F3N2O3S. The molecule has 0 saturated carbocycles. The molecule has 144 valence electrons. The third-order valence-electron chi connectivity index (χ3n) is 4.50. The molecule has 27 heavy (non-hydrogen) atoms. The average Bonchev–Trinajstić information content (AvgIpc) is 2.79. The molecule has 3 rings (SSSR count). The molecule has 1 aromatic heterocycles. The summed E-state index contributed by atoms with van der Waals surface area (Å²) in [7, 11) is -3.45. The number of rotatable bonds is 2. The molecule has 1 saturated heterocycles. The van der Waals surface area contributed by atoms with Crippen molar-refractivity contribution in [3.63, 3.8) is 0 Å². The second-order valence-corrected chi connectivity index (χ2v) is 8.58. The number of hydrogen-bond donors (Lipinski definition) is 0. The van der Waals surface area contributed by atoms with Crippen molar-refractivity contribution in [3.05, 3.63) is 65.5 Å². The van der Waals surface area contributed by atoms with E-state index in [9.17, 15) is 26.4 Å². The highest BCUT2D eigenvalue weighted by atomic mass is 32.2. The van der Waals surface area contributed by atoms with Crippen molar-refractivity contribution in [2.75, 3.05) is 18.8 Å². The Labute approximate surface area is 154 Å². The third-order valence-corrected chi connectivity index (χ3v) is 6.63. The highest BCUT2D eigenvalue weighted by molar-refractivity contribution is 7.91. The molecule has 1 aliphatic rings. The minimum Gasteiger partial charge on any atom is -0.338 e. The van der Waals surface area contributed by atoms with Crippen LogP contribution in [0.5, 0.6) is 0 Å². The van der Waals surface area contributed by atoms with Crippen LogP contribution in [0.15, 0.2) is 48.7 Å². The highest BCUT2D eigenvalue weighted by Gasteiger charge is 2.34. The zero-order valence-electron chi connectivity index (χ0n) is 14.2. The SMILES string of the molecule is O=C(c1ccc(C(F)(F)F)nc1)N1CCC(c2ccccc2)S(=O)(=O)CC1. The number of halogens is 3. The van der Waals surface area contributed by atoms with Crippen LogP contribution in [-0.4, -0.2) is 43.1 Å². The molecule has 1 amide bonds. The summed E-state index contributed by atoms with van der Waals surface area (Å²) in [5.74, 6) is -0.730. The zero-order chi connectivity index (χ0) is 19.7. The van der Waals surface area contributed by atoms with Crippen molar-refractivity contribution in [2.45, 2.75) is 17.8 Å². The molecule has 1 unspecified atom stereocenters. The van der Waals surface area contributed by atoms with Gasteiger partial charge < -0.3 is 4.90 Å². The number of amides is 1. The van der Waals surface area contributed by atoms with Gasteiger partial charge in [-0.2, -0.15) is 13.2 Å². The second-order valence-electron chi connectivity index (χ2n) is 6.28. The molecule has 0 bridgehead atoms. The van der Waals surface area contributed by atoms with Gasteiger partial charge >= 0.3 is 6.18 Å². The number of sulfone groups is 1. The summed E-state index contributed by atoms with van der Waals surface area (Å²) in [5.41, 5.74) is -0.414. The first kappa shape index (κ1) is 19.3. The van der Waals surface area contributed by atoms with Gasteiger partial charge in [0.2, 0.25) is 0 Å². The summed E-state index contributed by atoms with van der Waals surface area (Å²) < 4.78 is 63.0. The quantitative estimate of drug-likeness (QED) is 0.780. The van der Waals surface area contributed by atoms with Gasteiger partial charge in [0.1, 0.15) is 5.69 Å². The van der Waals surface area contributed by atoms with Gasteiger partial charge in [-0.15, -0.1) is 0 Å². The van der Waals surface area contributed by atoms with E-state index in [1.807, 2.05) is 0 Å². The van der Waals surface area contributed by atoms with Crippen LogP contribution in [0.2, 0.25) is 0 Å². The maximum Gasteiger partial charge on any atom is 0.433 e. The van der Waals surface area contributed by atoms with Gasteiger partial charge in [-0.05, 0) is 24.1 Å². The number of hydrogen-bond acceptors (Lipinski definition) is 4. The molecule has 1 atom stereocenters. The van der Waals surface area contributed by atoms with Crippen LogP contribution in [0.3, 0.4) is 0 Å². The van der Waals surface area contributed by atoms with Gasteiger partial charge in [0.15, 0.2) is 9.84 Å². The van der Waals surface area contributed by atoms with E-state index in [0.717, 1.165) is 18.3 Å². The van der Waals surface area contributed by atoms with Crippen LogP contribution < -0.4 is 0 Å². The monoisotopic (exact) mass is 398 g/mol. The Morgan fingerprint density at radius 3 is 2.37 bits per heavy atom. The molecule has 0 N–H and O–H groups in total. The molecular weight excluding hydrogens is 381 g/mol. The van der Waals surface area contributed by atoms with Crippen LogP contribution in [0, 0.1) is 0 Å². The predicted octanol–water partition coefficient (Wildman–Crippen LogP) is 3.10. The number of benzene rings is 1. The van der Waals surface area contributed by atoms with Gasteiger partial charge in [0.25, 0.3) is 5.91 Å². The van der Waals surface area contributed by atoms with Crippen LogP contribution in [-0.2, 0) is 16.0 Å². The van der Waals surface area contributed by atoms with E-state index in [0.29, 0.717) is 5.56 Å². The number of carbonyl (C=O) groups is 1.